The first kappa shape index (κ1) is 20.4. The third-order valence-corrected chi connectivity index (χ3v) is 6.33. The number of nitrogens with one attached hydrogen (secondary N) is 1. The van der Waals surface area contributed by atoms with Gasteiger partial charge in [0.05, 0.1) is 6.54 Å². The number of carboxylic acids is 1. The summed E-state index contributed by atoms with van der Waals surface area (Å²) in [5.74, 6) is -0.791. The second kappa shape index (κ2) is 9.21. The van der Waals surface area contributed by atoms with Crippen LogP contribution in [0.2, 0.25) is 0 Å². The molecule has 2 aliphatic heterocycles. The van der Waals surface area contributed by atoms with Gasteiger partial charge in [-0.25, -0.2) is 4.79 Å². The summed E-state index contributed by atoms with van der Waals surface area (Å²) in [7, 11) is 0. The molecule has 2 N–H and O–H groups in total. The smallest absolute Gasteiger partial charge is 0.317 e. The molecule has 27 heavy (non-hydrogen) atoms. The Kier molecular flexibility index (Phi) is 6.94. The van der Waals surface area contributed by atoms with Crippen LogP contribution in [0.25, 0.3) is 0 Å². The number of likely N-dealkylation sites (N-methyl/N-ethyl adjacent to an activating group) is 1. The maximum Gasteiger partial charge on any atom is 0.317 e. The topological polar surface area (TPSA) is 85.4 Å². The van der Waals surface area contributed by atoms with E-state index in [4.69, 9.17) is 9.84 Å². The number of amides is 2. The van der Waals surface area contributed by atoms with Crippen molar-refractivity contribution >= 4 is 12.0 Å². The fourth-order valence-corrected chi connectivity index (χ4v) is 4.60. The number of carboxylic acid groups (broad SMARTS) is 1. The first-order chi connectivity index (χ1) is 13.0. The number of nitrogens with zero attached hydrogens (tertiary/aromatic N) is 3. The van der Waals surface area contributed by atoms with Gasteiger partial charge < -0.3 is 20.1 Å². The highest BCUT2D eigenvalue weighted by Crippen LogP contribution is 2.26. The maximum absolute atomic E-state index is 12.7. The molecule has 2 heterocycles. The molecule has 3 rings (SSSR count). The lowest BCUT2D eigenvalue weighted by Gasteiger charge is -2.46. The highest BCUT2D eigenvalue weighted by molar-refractivity contribution is 5.75. The van der Waals surface area contributed by atoms with Gasteiger partial charge in [-0.05, 0) is 39.2 Å². The quantitative estimate of drug-likeness (QED) is 0.707. The van der Waals surface area contributed by atoms with Crippen LogP contribution in [0.15, 0.2) is 0 Å². The van der Waals surface area contributed by atoms with Gasteiger partial charge in [-0.15, -0.1) is 0 Å². The lowest BCUT2D eigenvalue weighted by atomic mass is 9.85. The molecule has 0 bridgehead atoms. The Hall–Kier alpha value is -1.38. The molecule has 0 aromatic rings. The fraction of sp³-hybridized carbons (Fsp3) is 0.895. The summed E-state index contributed by atoms with van der Waals surface area (Å²) in [4.78, 5) is 30.1. The molecule has 0 aromatic heterocycles. The van der Waals surface area contributed by atoms with Crippen LogP contribution in [-0.4, -0.2) is 102 Å². The molecule has 0 spiro atoms. The van der Waals surface area contributed by atoms with Gasteiger partial charge in [0.25, 0.3) is 0 Å². The van der Waals surface area contributed by atoms with Gasteiger partial charge in [0.1, 0.15) is 0 Å². The van der Waals surface area contributed by atoms with Crippen molar-refractivity contribution in [1.82, 2.24) is 20.0 Å². The molecule has 2 saturated heterocycles. The Bertz CT molecular complexity index is 520. The molecule has 1 atom stereocenters. The lowest BCUT2D eigenvalue weighted by Crippen LogP contribution is -2.62. The van der Waals surface area contributed by atoms with E-state index in [9.17, 15) is 9.59 Å². The van der Waals surface area contributed by atoms with Crippen LogP contribution in [0.1, 0.15) is 39.5 Å². The monoisotopic (exact) mass is 382 g/mol. The number of piperazine rings is 1. The van der Waals surface area contributed by atoms with Gasteiger partial charge in [0.2, 0.25) is 0 Å². The summed E-state index contributed by atoms with van der Waals surface area (Å²) in [6, 6.07) is 1.24. The van der Waals surface area contributed by atoms with E-state index < -0.39 is 5.97 Å². The molecule has 154 valence electrons. The number of carbonyl (C=O) groups excluding carboxylic acids is 1. The predicted molar refractivity (Wildman–Crippen MR) is 102 cm³/mol. The van der Waals surface area contributed by atoms with E-state index in [1.807, 2.05) is 16.7 Å². The normalized spacial score (nSPS) is 30.2. The van der Waals surface area contributed by atoms with Crippen LogP contribution in [0.5, 0.6) is 0 Å². The van der Waals surface area contributed by atoms with E-state index in [0.717, 1.165) is 65.1 Å². The van der Waals surface area contributed by atoms with Crippen LogP contribution in [0.3, 0.4) is 0 Å². The third kappa shape index (κ3) is 5.12. The Balaban J connectivity index is 1.41. The largest absolute Gasteiger partial charge is 0.480 e. The number of aliphatic carboxylic acids is 1. The van der Waals surface area contributed by atoms with Crippen LogP contribution in [-0.2, 0) is 9.53 Å². The molecule has 0 aromatic carbocycles. The van der Waals surface area contributed by atoms with E-state index >= 15 is 0 Å². The van der Waals surface area contributed by atoms with Crippen LogP contribution in [0, 0.1) is 0 Å². The Labute approximate surface area is 161 Å². The maximum atomic E-state index is 12.7. The van der Waals surface area contributed by atoms with Crippen LogP contribution < -0.4 is 5.32 Å². The van der Waals surface area contributed by atoms with Crippen molar-refractivity contribution in [3.8, 4) is 0 Å². The summed E-state index contributed by atoms with van der Waals surface area (Å²) in [5, 5.41) is 12.1. The Morgan fingerprint density at radius 2 is 1.93 bits per heavy atom. The highest BCUT2D eigenvalue weighted by Gasteiger charge is 2.37. The number of rotatable bonds is 6. The van der Waals surface area contributed by atoms with Gasteiger partial charge in [-0.2, -0.15) is 0 Å². The van der Waals surface area contributed by atoms with Gasteiger partial charge in [-0.3, -0.25) is 14.6 Å². The van der Waals surface area contributed by atoms with Crippen molar-refractivity contribution in [3.63, 3.8) is 0 Å². The summed E-state index contributed by atoms with van der Waals surface area (Å²) in [6.07, 6.45) is 3.85. The van der Waals surface area contributed by atoms with Crippen molar-refractivity contribution in [2.75, 3.05) is 45.9 Å². The second-order valence-corrected chi connectivity index (χ2v) is 8.11. The van der Waals surface area contributed by atoms with E-state index in [1.165, 1.54) is 0 Å². The Morgan fingerprint density at radius 1 is 1.22 bits per heavy atom. The molecule has 1 aliphatic carbocycles. The minimum absolute atomic E-state index is 0.0267. The van der Waals surface area contributed by atoms with Crippen LogP contribution in [0.4, 0.5) is 4.79 Å². The lowest BCUT2D eigenvalue weighted by molar-refractivity contribution is -0.139. The molecule has 8 heteroatoms. The zero-order valence-electron chi connectivity index (χ0n) is 16.6. The summed E-state index contributed by atoms with van der Waals surface area (Å²) >= 11 is 0. The molecular weight excluding hydrogens is 348 g/mol. The minimum Gasteiger partial charge on any atom is -0.480 e. The Morgan fingerprint density at radius 3 is 2.52 bits per heavy atom. The molecule has 0 radical (unpaired) electrons. The number of urea groups is 1. The van der Waals surface area contributed by atoms with Crippen molar-refractivity contribution < 1.29 is 19.4 Å². The van der Waals surface area contributed by atoms with E-state index in [2.05, 4.69) is 17.1 Å². The highest BCUT2D eigenvalue weighted by atomic mass is 16.5. The molecule has 3 fully saturated rings. The summed E-state index contributed by atoms with van der Waals surface area (Å²) < 4.78 is 5.46. The fourth-order valence-electron chi connectivity index (χ4n) is 4.60. The van der Waals surface area contributed by atoms with Crippen molar-refractivity contribution in [2.45, 2.75) is 63.7 Å². The van der Waals surface area contributed by atoms with Gasteiger partial charge in [0, 0.05) is 57.0 Å². The zero-order valence-corrected chi connectivity index (χ0v) is 16.6. The molecular formula is C19H34N4O4. The van der Waals surface area contributed by atoms with Crippen molar-refractivity contribution in [1.29, 1.82) is 0 Å². The molecule has 8 nitrogen and oxygen atoms in total. The van der Waals surface area contributed by atoms with Gasteiger partial charge >= 0.3 is 12.0 Å². The molecule has 3 aliphatic rings. The number of hydrogen-bond acceptors (Lipinski definition) is 5. The second-order valence-electron chi connectivity index (χ2n) is 8.11. The average Bonchev–Trinajstić information content (AvgIpc) is 2.63. The predicted octanol–water partition coefficient (Wildman–Crippen LogP) is 0.819. The van der Waals surface area contributed by atoms with E-state index in [1.54, 1.807) is 0 Å². The minimum atomic E-state index is -0.791. The first-order valence-electron chi connectivity index (χ1n) is 10.3. The van der Waals surface area contributed by atoms with E-state index in [-0.39, 0.29) is 30.7 Å². The van der Waals surface area contributed by atoms with Crippen molar-refractivity contribution in [2.24, 2.45) is 0 Å². The van der Waals surface area contributed by atoms with Gasteiger partial charge in [-0.1, -0.05) is 6.92 Å². The van der Waals surface area contributed by atoms with Gasteiger partial charge in [0.15, 0.2) is 0 Å². The number of carbonyl (C=O) groups is 2. The molecule has 0 unspecified atom stereocenters. The third-order valence-electron chi connectivity index (χ3n) is 6.33. The zero-order chi connectivity index (χ0) is 19.4. The number of ether oxygens (including phenoxy) is 1. The standard InChI is InChI=1S/C19H34N4O4/c1-3-21(13-18(24)25)17-10-15(11-17)20-19(26)23-7-6-22(12-14(23)2)16-4-8-27-9-5-16/h14-17H,3-13H2,1-2H3,(H,20,26)(H,24,25)/t14-,15?,17?/m1/s1. The molecule has 1 saturated carbocycles. The molecule has 2 amide bonds. The summed E-state index contributed by atoms with van der Waals surface area (Å²) in [5.41, 5.74) is 0. The van der Waals surface area contributed by atoms with Crippen LogP contribution >= 0.6 is 0 Å². The average molecular weight is 383 g/mol. The number of hydrogen-bond donors (Lipinski definition) is 2. The first-order valence-corrected chi connectivity index (χ1v) is 10.3. The van der Waals surface area contributed by atoms with E-state index in [0.29, 0.717) is 6.04 Å². The SMILES string of the molecule is CCN(CC(=O)O)C1CC(NC(=O)N2CCN(C3CCOCC3)C[C@H]2C)C1. The van der Waals surface area contributed by atoms with Crippen molar-refractivity contribution in [3.05, 3.63) is 0 Å². The summed E-state index contributed by atoms with van der Waals surface area (Å²) in [6.45, 7) is 9.22.